The van der Waals surface area contributed by atoms with Gasteiger partial charge < -0.3 is 19.8 Å². The molecule has 0 saturated carbocycles. The molecule has 26 heavy (non-hydrogen) atoms. The topological polar surface area (TPSA) is 46.9 Å². The molecule has 4 nitrogen and oxygen atoms in total. The first-order valence-corrected chi connectivity index (χ1v) is 10.2. The van der Waals surface area contributed by atoms with E-state index in [2.05, 4.69) is 41.1 Å². The number of hydrogen-bond acceptors (Lipinski definition) is 5. The second kappa shape index (κ2) is 7.65. The third-order valence-electron chi connectivity index (χ3n) is 5.56. The average molecular weight is 368 g/mol. The maximum atomic E-state index is 9.60. The summed E-state index contributed by atoms with van der Waals surface area (Å²) in [5, 5.41) is 19.2. The van der Waals surface area contributed by atoms with Crippen molar-refractivity contribution in [2.24, 2.45) is 0 Å². The Morgan fingerprint density at radius 3 is 2.69 bits per heavy atom. The van der Waals surface area contributed by atoms with Gasteiger partial charge in [0, 0.05) is 22.4 Å². The van der Waals surface area contributed by atoms with Gasteiger partial charge in [-0.25, -0.2) is 0 Å². The van der Waals surface area contributed by atoms with Crippen molar-refractivity contribution < 1.29 is 10.0 Å². The molecule has 2 aliphatic heterocycles. The fourth-order valence-corrected chi connectivity index (χ4v) is 5.11. The van der Waals surface area contributed by atoms with Crippen molar-refractivity contribution in [1.82, 2.24) is 4.90 Å². The number of benzene rings is 2. The minimum Gasteiger partial charge on any atom is -0.423 e. The Kier molecular flexibility index (Phi) is 5.27. The highest BCUT2D eigenvalue weighted by Gasteiger charge is 2.27. The molecule has 4 rings (SSSR count). The summed E-state index contributed by atoms with van der Waals surface area (Å²) in [5.41, 5.74) is 2.84. The van der Waals surface area contributed by atoms with Gasteiger partial charge in [0.15, 0.2) is 0 Å². The lowest BCUT2D eigenvalue weighted by Crippen LogP contribution is -2.39. The molecule has 0 radical (unpaired) electrons. The van der Waals surface area contributed by atoms with Gasteiger partial charge in [-0.2, -0.15) is 0 Å². The van der Waals surface area contributed by atoms with E-state index in [1.165, 1.54) is 41.3 Å². The van der Waals surface area contributed by atoms with Crippen LogP contribution in [0.5, 0.6) is 0 Å². The lowest BCUT2D eigenvalue weighted by Gasteiger charge is -2.37. The quantitative estimate of drug-likeness (QED) is 0.813. The summed E-state index contributed by atoms with van der Waals surface area (Å²) in [6.07, 6.45) is 5.00. The van der Waals surface area contributed by atoms with Gasteiger partial charge in [0.25, 0.3) is 0 Å². The molecule has 2 aromatic rings. The predicted molar refractivity (Wildman–Crippen MR) is 109 cm³/mol. The number of rotatable bonds is 4. The Hall–Kier alpha value is -1.47. The first-order chi connectivity index (χ1) is 12.6. The lowest BCUT2D eigenvalue weighted by atomic mass is 9.80. The standard InChI is InChI=1S/C20H25BN2O2S/c1-22-12-5-4-6-16(22)11-13-23-17-7-2-3-8-19(17)26-20-10-9-15(21(24)25)14-18(20)23/h2-3,7-10,14,16,24-25H,4-6,11-13H2,1H3. The molecule has 6 heteroatoms. The maximum absolute atomic E-state index is 9.60. The zero-order valence-corrected chi connectivity index (χ0v) is 16.0. The Morgan fingerprint density at radius 2 is 1.88 bits per heavy atom. The zero-order chi connectivity index (χ0) is 18.1. The number of likely N-dealkylation sites (tertiary alicyclic amines) is 1. The van der Waals surface area contributed by atoms with Gasteiger partial charge in [-0.1, -0.05) is 36.4 Å². The van der Waals surface area contributed by atoms with Crippen LogP contribution in [-0.2, 0) is 0 Å². The van der Waals surface area contributed by atoms with Crippen molar-refractivity contribution >= 4 is 35.7 Å². The smallest absolute Gasteiger partial charge is 0.423 e. The third-order valence-corrected chi connectivity index (χ3v) is 6.69. The van der Waals surface area contributed by atoms with Gasteiger partial charge in [-0.3, -0.25) is 0 Å². The van der Waals surface area contributed by atoms with Crippen LogP contribution in [-0.4, -0.2) is 48.2 Å². The molecule has 2 heterocycles. The largest absolute Gasteiger partial charge is 0.488 e. The number of piperidine rings is 1. The van der Waals surface area contributed by atoms with Crippen LogP contribution in [0.3, 0.4) is 0 Å². The van der Waals surface area contributed by atoms with E-state index in [1.54, 1.807) is 17.8 Å². The van der Waals surface area contributed by atoms with Crippen molar-refractivity contribution in [3.05, 3.63) is 42.5 Å². The van der Waals surface area contributed by atoms with Crippen molar-refractivity contribution in [3.8, 4) is 0 Å². The van der Waals surface area contributed by atoms with Crippen molar-refractivity contribution in [3.63, 3.8) is 0 Å². The average Bonchev–Trinajstić information content (AvgIpc) is 2.66. The summed E-state index contributed by atoms with van der Waals surface area (Å²) < 4.78 is 0. The van der Waals surface area contributed by atoms with Crippen LogP contribution in [0.25, 0.3) is 0 Å². The summed E-state index contributed by atoms with van der Waals surface area (Å²) >= 11 is 1.75. The van der Waals surface area contributed by atoms with Crippen LogP contribution in [0.2, 0.25) is 0 Å². The molecule has 1 fully saturated rings. The van der Waals surface area contributed by atoms with E-state index in [0.29, 0.717) is 11.5 Å². The third kappa shape index (κ3) is 3.51. The molecule has 2 N–H and O–H groups in total. The normalized spacial score (nSPS) is 19.8. The van der Waals surface area contributed by atoms with Gasteiger partial charge in [0.2, 0.25) is 0 Å². The molecular weight excluding hydrogens is 343 g/mol. The molecule has 1 atom stereocenters. The first-order valence-electron chi connectivity index (χ1n) is 9.38. The molecule has 0 aromatic heterocycles. The Bertz CT molecular complexity index is 786. The second-order valence-electron chi connectivity index (χ2n) is 7.24. The highest BCUT2D eigenvalue weighted by Crippen LogP contribution is 2.47. The van der Waals surface area contributed by atoms with Crippen LogP contribution in [0.1, 0.15) is 25.7 Å². The minimum atomic E-state index is -1.44. The molecular formula is C20H25BN2O2S. The SMILES string of the molecule is CN1CCCCC1CCN1c2ccccc2Sc2ccc(B(O)O)cc21. The molecule has 0 bridgehead atoms. The van der Waals surface area contributed by atoms with E-state index < -0.39 is 7.12 Å². The molecule has 136 valence electrons. The minimum absolute atomic E-state index is 0.545. The molecule has 0 aliphatic carbocycles. The van der Waals surface area contributed by atoms with Crippen LogP contribution in [0.15, 0.2) is 52.3 Å². The number of fused-ring (bicyclic) bond motifs is 2. The zero-order valence-electron chi connectivity index (χ0n) is 15.1. The molecule has 2 aromatic carbocycles. The summed E-state index contributed by atoms with van der Waals surface area (Å²) in [6, 6.07) is 14.8. The van der Waals surface area contributed by atoms with Gasteiger partial charge in [-0.15, -0.1) is 0 Å². The molecule has 2 aliphatic rings. The predicted octanol–water partition coefficient (Wildman–Crippen LogP) is 2.84. The van der Waals surface area contributed by atoms with Gasteiger partial charge >= 0.3 is 7.12 Å². The van der Waals surface area contributed by atoms with E-state index in [1.807, 2.05) is 12.1 Å². The summed E-state index contributed by atoms with van der Waals surface area (Å²) in [5.74, 6) is 0. The van der Waals surface area contributed by atoms with Gasteiger partial charge in [0.05, 0.1) is 11.4 Å². The van der Waals surface area contributed by atoms with Crippen LogP contribution < -0.4 is 10.4 Å². The summed E-state index contributed by atoms with van der Waals surface area (Å²) in [6.45, 7) is 2.12. The van der Waals surface area contributed by atoms with E-state index in [-0.39, 0.29) is 0 Å². The molecule has 1 saturated heterocycles. The number of hydrogen-bond donors (Lipinski definition) is 2. The van der Waals surface area contributed by atoms with E-state index in [4.69, 9.17) is 0 Å². The second-order valence-corrected chi connectivity index (χ2v) is 8.32. The number of anilines is 2. The first kappa shape index (κ1) is 17.9. The fraction of sp³-hybridized carbons (Fsp3) is 0.400. The molecule has 0 spiro atoms. The van der Waals surface area contributed by atoms with Gasteiger partial charge in [-0.05, 0) is 62.6 Å². The summed E-state index contributed by atoms with van der Waals surface area (Å²) in [7, 11) is 0.798. The van der Waals surface area contributed by atoms with Crippen LogP contribution in [0, 0.1) is 0 Å². The monoisotopic (exact) mass is 368 g/mol. The molecule has 1 unspecified atom stereocenters. The van der Waals surface area contributed by atoms with E-state index in [9.17, 15) is 10.0 Å². The number of nitrogens with zero attached hydrogens (tertiary/aromatic N) is 2. The number of para-hydroxylation sites is 1. The molecule has 0 amide bonds. The van der Waals surface area contributed by atoms with Crippen LogP contribution in [0.4, 0.5) is 11.4 Å². The lowest BCUT2D eigenvalue weighted by molar-refractivity contribution is 0.178. The fourth-order valence-electron chi connectivity index (χ4n) is 4.03. The van der Waals surface area contributed by atoms with Crippen molar-refractivity contribution in [1.29, 1.82) is 0 Å². The van der Waals surface area contributed by atoms with Crippen molar-refractivity contribution in [2.45, 2.75) is 41.5 Å². The highest BCUT2D eigenvalue weighted by molar-refractivity contribution is 7.99. The van der Waals surface area contributed by atoms with Gasteiger partial charge in [0.1, 0.15) is 0 Å². The Labute approximate surface area is 160 Å². The maximum Gasteiger partial charge on any atom is 0.488 e. The van der Waals surface area contributed by atoms with E-state index in [0.717, 1.165) is 18.7 Å². The van der Waals surface area contributed by atoms with E-state index >= 15 is 0 Å². The van der Waals surface area contributed by atoms with Crippen molar-refractivity contribution in [2.75, 3.05) is 25.0 Å². The highest BCUT2D eigenvalue weighted by atomic mass is 32.2. The van der Waals surface area contributed by atoms with Crippen LogP contribution >= 0.6 is 11.8 Å². The Morgan fingerprint density at radius 1 is 1.08 bits per heavy atom. The summed E-state index contributed by atoms with van der Waals surface area (Å²) in [4.78, 5) is 7.28. The Balaban J connectivity index is 1.64.